The van der Waals surface area contributed by atoms with Crippen LogP contribution in [-0.2, 0) is 42.8 Å². The van der Waals surface area contributed by atoms with Gasteiger partial charge in [-0.05, 0) is 68.4 Å². The van der Waals surface area contributed by atoms with E-state index in [9.17, 15) is 19.2 Å². The molecule has 0 aromatic carbocycles. The van der Waals surface area contributed by atoms with Gasteiger partial charge in [-0.1, -0.05) is 0 Å². The zero-order chi connectivity index (χ0) is 31.4. The van der Waals surface area contributed by atoms with Gasteiger partial charge in [0.2, 0.25) is 0 Å². The largest absolute Gasteiger partial charge is 0.462 e. The number of carbonyl (C=O) groups is 3. The third-order valence-electron chi connectivity index (χ3n) is 5.44. The first-order valence-electron chi connectivity index (χ1n) is 13.1. The summed E-state index contributed by atoms with van der Waals surface area (Å²) in [5, 5.41) is 9.12. The maximum absolute atomic E-state index is 12.8. The summed E-state index contributed by atoms with van der Waals surface area (Å²) in [4.78, 5) is 53.6. The lowest BCUT2D eigenvalue weighted by molar-refractivity contribution is -0.194. The van der Waals surface area contributed by atoms with Crippen molar-refractivity contribution in [3.8, 4) is 0 Å². The van der Waals surface area contributed by atoms with Crippen LogP contribution in [0.5, 0.6) is 0 Å². The van der Waals surface area contributed by atoms with Gasteiger partial charge in [-0.15, -0.1) is 0 Å². The van der Waals surface area contributed by atoms with Crippen LogP contribution in [0.2, 0.25) is 0 Å². The summed E-state index contributed by atoms with van der Waals surface area (Å²) in [6.07, 6.45) is -5.26. The maximum atomic E-state index is 12.8. The molecule has 14 heteroatoms. The number of hydrogen-bond acceptors (Lipinski definition) is 13. The van der Waals surface area contributed by atoms with E-state index in [1.165, 1.54) is 6.07 Å². The van der Waals surface area contributed by atoms with Crippen LogP contribution in [0.15, 0.2) is 17.1 Å². The number of aromatic nitrogens is 2. The normalized spacial score (nSPS) is 23.8. The van der Waals surface area contributed by atoms with E-state index in [0.717, 1.165) is 10.8 Å². The molecule has 4 atom stereocenters. The predicted molar refractivity (Wildman–Crippen MR) is 139 cm³/mol. The number of nitrogens with one attached hydrogen (secondary N) is 1. The van der Waals surface area contributed by atoms with E-state index in [4.69, 9.17) is 35.0 Å². The minimum Gasteiger partial charge on any atom is -0.462 e. The summed E-state index contributed by atoms with van der Waals surface area (Å²) >= 11 is 0. The second-order valence-corrected chi connectivity index (χ2v) is 12.2. The number of nitrogens with zero attached hydrogens (tertiary/aromatic N) is 2. The lowest BCUT2D eigenvalue weighted by Crippen LogP contribution is -2.42. The Bertz CT molecular complexity index is 1150. The molecule has 14 nitrogen and oxygen atoms in total. The Labute approximate surface area is 234 Å². The molecule has 1 fully saturated rings. The van der Waals surface area contributed by atoms with Gasteiger partial charge in [-0.2, -0.15) is 4.98 Å². The average molecular weight is 573 g/mol. The Morgan fingerprint density at radius 1 is 0.925 bits per heavy atom. The zero-order valence-corrected chi connectivity index (χ0v) is 24.4. The number of rotatable bonds is 10. The van der Waals surface area contributed by atoms with Gasteiger partial charge < -0.3 is 28.4 Å². The Hall–Kier alpha value is -3.07. The number of esters is 3. The Balaban J connectivity index is 2.47. The van der Waals surface area contributed by atoms with Crippen LogP contribution >= 0.6 is 0 Å². The summed E-state index contributed by atoms with van der Waals surface area (Å²) < 4.78 is 43.3. The van der Waals surface area contributed by atoms with Crippen molar-refractivity contribution >= 4 is 23.7 Å². The molecule has 1 aliphatic heterocycles. The molecule has 0 bridgehead atoms. The second kappa shape index (κ2) is 13.1. The third kappa shape index (κ3) is 8.98. The van der Waals surface area contributed by atoms with E-state index in [1.54, 1.807) is 67.8 Å². The molecule has 1 aliphatic rings. The predicted octanol–water partition coefficient (Wildman–Crippen LogP) is 2.40. The van der Waals surface area contributed by atoms with Crippen molar-refractivity contribution < 1.29 is 49.4 Å². The highest BCUT2D eigenvalue weighted by atomic mass is 16.7. The van der Waals surface area contributed by atoms with Crippen LogP contribution in [0.4, 0.5) is 5.82 Å². The number of hydrogen-bond donors (Lipinski definition) is 2. The van der Waals surface area contributed by atoms with Crippen molar-refractivity contribution in [1.29, 1.82) is 0 Å². The Kier molecular flexibility index (Phi) is 10.3. The highest BCUT2D eigenvalue weighted by Gasteiger charge is 2.49. The SMILES string of the molecule is [2H][C@@]1(n2ccc(NO)nc2=O)O[C@H](COC(=O)C(C)(C)C)[C@@H](OCOC(=O)C(C)(C)C)[C@H]1OCOC(=O)C(C)(C)C. The molecule has 1 aromatic rings. The fourth-order valence-corrected chi connectivity index (χ4v) is 3.08. The highest BCUT2D eigenvalue weighted by Crippen LogP contribution is 2.34. The summed E-state index contributed by atoms with van der Waals surface area (Å²) in [7, 11) is 0. The van der Waals surface area contributed by atoms with Crippen LogP contribution in [0.3, 0.4) is 0 Å². The lowest BCUT2D eigenvalue weighted by atomic mass is 9.97. The van der Waals surface area contributed by atoms with Crippen LogP contribution < -0.4 is 11.2 Å². The summed E-state index contributed by atoms with van der Waals surface area (Å²) in [5.41, 5.74) is -1.83. The van der Waals surface area contributed by atoms with Gasteiger partial charge >= 0.3 is 23.6 Å². The van der Waals surface area contributed by atoms with Gasteiger partial charge in [0, 0.05) is 6.20 Å². The van der Waals surface area contributed by atoms with Crippen LogP contribution in [0, 0.1) is 16.2 Å². The summed E-state index contributed by atoms with van der Waals surface area (Å²) in [6, 6.07) is 1.20. The number of ether oxygens (including phenoxy) is 6. The lowest BCUT2D eigenvalue weighted by Gasteiger charge is -2.26. The average Bonchev–Trinajstić information content (AvgIpc) is 3.11. The molecule has 0 aliphatic carbocycles. The van der Waals surface area contributed by atoms with Crippen molar-refractivity contribution in [2.24, 2.45) is 16.2 Å². The van der Waals surface area contributed by atoms with E-state index in [2.05, 4.69) is 4.98 Å². The number of carbonyl (C=O) groups excluding carboxylic acids is 3. The van der Waals surface area contributed by atoms with Gasteiger partial charge in [0.1, 0.15) is 24.9 Å². The molecule has 2 heterocycles. The minimum absolute atomic E-state index is 0.193. The summed E-state index contributed by atoms with van der Waals surface area (Å²) in [6.45, 7) is 13.1. The molecule has 40 heavy (non-hydrogen) atoms. The van der Waals surface area contributed by atoms with Gasteiger partial charge in [-0.3, -0.25) is 29.6 Å². The first-order chi connectivity index (χ1) is 18.7. The Morgan fingerprint density at radius 3 is 1.85 bits per heavy atom. The molecule has 226 valence electrons. The monoisotopic (exact) mass is 572 g/mol. The van der Waals surface area contributed by atoms with Crippen molar-refractivity contribution in [3.63, 3.8) is 0 Å². The van der Waals surface area contributed by atoms with E-state index in [0.29, 0.717) is 0 Å². The fraction of sp³-hybridized carbons (Fsp3) is 0.731. The smallest absolute Gasteiger partial charge is 0.351 e. The molecule has 0 radical (unpaired) electrons. The van der Waals surface area contributed by atoms with Crippen molar-refractivity contribution in [2.75, 3.05) is 25.7 Å². The van der Waals surface area contributed by atoms with Gasteiger partial charge in [0.25, 0.3) is 0 Å². The molecule has 0 unspecified atom stereocenters. The molecule has 1 saturated heterocycles. The van der Waals surface area contributed by atoms with Crippen molar-refractivity contribution in [3.05, 3.63) is 22.7 Å². The van der Waals surface area contributed by atoms with E-state index in [-0.39, 0.29) is 5.82 Å². The minimum atomic E-state index is -2.40. The first kappa shape index (κ1) is 31.5. The quantitative estimate of drug-likeness (QED) is 0.181. The molecule has 2 rings (SSSR count). The summed E-state index contributed by atoms with van der Waals surface area (Å²) in [5.74, 6) is -1.94. The topological polar surface area (TPSA) is 174 Å². The maximum Gasteiger partial charge on any atom is 0.351 e. The number of anilines is 1. The Morgan fingerprint density at radius 2 is 1.40 bits per heavy atom. The van der Waals surface area contributed by atoms with Crippen molar-refractivity contribution in [2.45, 2.75) is 86.8 Å². The van der Waals surface area contributed by atoms with E-state index in [1.807, 2.05) is 0 Å². The second-order valence-electron chi connectivity index (χ2n) is 12.2. The van der Waals surface area contributed by atoms with Crippen LogP contribution in [0.25, 0.3) is 0 Å². The molecule has 2 N–H and O–H groups in total. The highest BCUT2D eigenvalue weighted by molar-refractivity contribution is 5.76. The van der Waals surface area contributed by atoms with Crippen molar-refractivity contribution in [1.82, 2.24) is 9.55 Å². The van der Waals surface area contributed by atoms with Crippen LogP contribution in [-0.4, -0.2) is 71.2 Å². The molecule has 0 amide bonds. The van der Waals surface area contributed by atoms with Gasteiger partial charge in [-0.25, -0.2) is 4.79 Å². The van der Waals surface area contributed by atoms with E-state index < -0.39 is 84.6 Å². The van der Waals surface area contributed by atoms with Gasteiger partial charge in [0.05, 0.1) is 17.6 Å². The fourth-order valence-electron chi connectivity index (χ4n) is 3.08. The molecule has 1 aromatic heterocycles. The standard InChI is InChI=1S/C26H41N3O11/c1-24(2,3)20(30)35-12-15-17(36-13-38-21(31)25(4,5)6)18(37-14-39-22(32)26(7,8)9)19(40-15)29-11-10-16(28-34)27-23(29)33/h10-11,15,17-19,34H,12-14H2,1-9H3,(H,27,28,33)/t15-,17-,18-,19-/m1/s1/i19D. The molecular formula is C26H41N3O11. The zero-order valence-electron chi connectivity index (χ0n) is 25.4. The third-order valence-corrected chi connectivity index (χ3v) is 5.44. The molecule has 0 saturated carbocycles. The van der Waals surface area contributed by atoms with Crippen LogP contribution in [0.1, 0.15) is 69.9 Å². The van der Waals surface area contributed by atoms with Gasteiger partial charge in [0.15, 0.2) is 25.6 Å². The van der Waals surface area contributed by atoms with E-state index >= 15 is 0 Å². The first-order valence-corrected chi connectivity index (χ1v) is 12.6. The molecule has 0 spiro atoms. The molecular weight excluding hydrogens is 530 g/mol.